The molecule has 2 N–H and O–H groups in total. The van der Waals surface area contributed by atoms with E-state index in [1.54, 1.807) is 0 Å². The van der Waals surface area contributed by atoms with E-state index in [9.17, 15) is 18.3 Å². The van der Waals surface area contributed by atoms with Crippen LogP contribution >= 0.6 is 0 Å². The number of aliphatic carboxylic acids is 1. The van der Waals surface area contributed by atoms with Gasteiger partial charge in [0.1, 0.15) is 0 Å². The van der Waals surface area contributed by atoms with Crippen LogP contribution in [0.1, 0.15) is 31.2 Å². The number of carbonyl (C=O) groups is 1. The minimum atomic E-state index is -2.89. The van der Waals surface area contributed by atoms with Gasteiger partial charge in [-0.1, -0.05) is 18.6 Å². The first-order valence-corrected chi connectivity index (χ1v) is 9.04. The number of hydrogen-bond donors (Lipinski definition) is 2. The van der Waals surface area contributed by atoms with E-state index < -0.39 is 21.2 Å². The van der Waals surface area contributed by atoms with E-state index in [4.69, 9.17) is 0 Å². The maximum Gasteiger partial charge on any atom is 0.314 e. The van der Waals surface area contributed by atoms with Crippen LogP contribution in [0.3, 0.4) is 0 Å². The predicted molar refractivity (Wildman–Crippen MR) is 80.3 cm³/mol. The van der Waals surface area contributed by atoms with Gasteiger partial charge in [0, 0.05) is 11.7 Å². The largest absolute Gasteiger partial charge is 0.481 e. The summed E-state index contributed by atoms with van der Waals surface area (Å²) in [6, 6.07) is 7.35. The molecule has 1 saturated carbocycles. The zero-order chi connectivity index (χ0) is 15.1. The first-order chi connectivity index (χ1) is 9.91. The van der Waals surface area contributed by atoms with Crippen molar-refractivity contribution in [2.45, 2.75) is 37.1 Å². The molecule has 1 aliphatic carbocycles. The third kappa shape index (κ3) is 2.64. The Morgan fingerprint density at radius 3 is 2.33 bits per heavy atom. The highest BCUT2D eigenvalue weighted by Gasteiger charge is 2.45. The van der Waals surface area contributed by atoms with E-state index in [0.29, 0.717) is 19.3 Å². The van der Waals surface area contributed by atoms with Crippen molar-refractivity contribution < 1.29 is 18.3 Å². The number of carboxylic acid groups (broad SMARTS) is 1. The Morgan fingerprint density at radius 1 is 1.24 bits per heavy atom. The van der Waals surface area contributed by atoms with Gasteiger partial charge in [0.25, 0.3) is 0 Å². The fourth-order valence-electron chi connectivity index (χ4n) is 3.19. The van der Waals surface area contributed by atoms with Gasteiger partial charge in [0.15, 0.2) is 9.84 Å². The second kappa shape index (κ2) is 5.02. The lowest BCUT2D eigenvalue weighted by atomic mass is 9.64. The van der Waals surface area contributed by atoms with Gasteiger partial charge >= 0.3 is 5.97 Å². The number of carboxylic acids is 1. The smallest absolute Gasteiger partial charge is 0.314 e. The summed E-state index contributed by atoms with van der Waals surface area (Å²) in [5.74, 6) is -0.338. The Labute approximate surface area is 124 Å². The van der Waals surface area contributed by atoms with Crippen molar-refractivity contribution in [1.82, 2.24) is 0 Å². The number of anilines is 1. The first-order valence-electron chi connectivity index (χ1n) is 7.22. The van der Waals surface area contributed by atoms with Gasteiger partial charge in [-0.05, 0) is 37.0 Å². The van der Waals surface area contributed by atoms with Gasteiger partial charge in [-0.15, -0.1) is 0 Å². The molecule has 6 heteroatoms. The van der Waals surface area contributed by atoms with Crippen LogP contribution in [0.15, 0.2) is 24.3 Å². The lowest BCUT2D eigenvalue weighted by Crippen LogP contribution is -2.42. The fourth-order valence-corrected chi connectivity index (χ4v) is 4.86. The SMILES string of the molecule is O=C(O)C1(c2ccc(NC3CCS(=O)(=O)C3)cc2)CCC1. The summed E-state index contributed by atoms with van der Waals surface area (Å²) in [7, 11) is -2.89. The number of sulfone groups is 1. The molecule has 3 rings (SSSR count). The monoisotopic (exact) mass is 309 g/mol. The van der Waals surface area contributed by atoms with Crippen LogP contribution in [0.25, 0.3) is 0 Å². The van der Waals surface area contributed by atoms with Crippen LogP contribution in [0.5, 0.6) is 0 Å². The third-order valence-corrected chi connectivity index (χ3v) is 6.43. The number of hydrogen-bond acceptors (Lipinski definition) is 4. The molecule has 2 fully saturated rings. The minimum absolute atomic E-state index is 0.0435. The molecule has 0 bridgehead atoms. The molecule has 1 aromatic carbocycles. The molecule has 1 unspecified atom stereocenters. The van der Waals surface area contributed by atoms with Crippen LogP contribution in [0.4, 0.5) is 5.69 Å². The van der Waals surface area contributed by atoms with E-state index in [1.807, 2.05) is 24.3 Å². The van der Waals surface area contributed by atoms with Crippen LogP contribution in [-0.2, 0) is 20.0 Å². The average molecular weight is 309 g/mol. The van der Waals surface area contributed by atoms with Crippen LogP contribution in [0, 0.1) is 0 Å². The van der Waals surface area contributed by atoms with Crippen molar-refractivity contribution in [3.05, 3.63) is 29.8 Å². The molecule has 114 valence electrons. The highest BCUT2D eigenvalue weighted by molar-refractivity contribution is 7.91. The first kappa shape index (κ1) is 14.4. The van der Waals surface area contributed by atoms with Crippen molar-refractivity contribution in [1.29, 1.82) is 0 Å². The maximum atomic E-state index is 11.5. The quantitative estimate of drug-likeness (QED) is 0.886. The van der Waals surface area contributed by atoms with E-state index in [-0.39, 0.29) is 17.5 Å². The van der Waals surface area contributed by atoms with Crippen molar-refractivity contribution >= 4 is 21.5 Å². The van der Waals surface area contributed by atoms with Crippen molar-refractivity contribution in [2.75, 3.05) is 16.8 Å². The molecule has 1 aromatic rings. The number of nitrogens with one attached hydrogen (secondary N) is 1. The highest BCUT2D eigenvalue weighted by Crippen LogP contribution is 2.44. The molecule has 1 heterocycles. The maximum absolute atomic E-state index is 11.5. The molecule has 0 radical (unpaired) electrons. The Hall–Kier alpha value is -1.56. The van der Waals surface area contributed by atoms with Gasteiger partial charge in [-0.25, -0.2) is 8.42 Å². The summed E-state index contributed by atoms with van der Waals surface area (Å²) in [6.45, 7) is 0. The van der Waals surface area contributed by atoms with Crippen LogP contribution < -0.4 is 5.32 Å². The third-order valence-electron chi connectivity index (χ3n) is 4.66. The molecule has 1 saturated heterocycles. The van der Waals surface area contributed by atoms with Gasteiger partial charge in [-0.3, -0.25) is 4.79 Å². The highest BCUT2D eigenvalue weighted by atomic mass is 32.2. The molecule has 0 aromatic heterocycles. The Bertz CT molecular complexity index is 647. The van der Waals surface area contributed by atoms with Gasteiger partial charge in [0.05, 0.1) is 16.9 Å². The summed E-state index contributed by atoms with van der Waals surface area (Å²) in [6.07, 6.45) is 2.96. The summed E-state index contributed by atoms with van der Waals surface area (Å²) in [5.41, 5.74) is 0.974. The van der Waals surface area contributed by atoms with E-state index in [0.717, 1.165) is 17.7 Å². The standard InChI is InChI=1S/C15H19NO4S/c17-14(18)15(7-1-8-15)11-2-4-12(5-3-11)16-13-6-9-21(19,20)10-13/h2-5,13,16H,1,6-10H2,(H,17,18). The van der Waals surface area contributed by atoms with Gasteiger partial charge in [-0.2, -0.15) is 0 Å². The zero-order valence-electron chi connectivity index (χ0n) is 11.7. The molecule has 0 spiro atoms. The molecule has 21 heavy (non-hydrogen) atoms. The Kier molecular flexibility index (Phi) is 3.43. The molecule has 1 aliphatic heterocycles. The van der Waals surface area contributed by atoms with Crippen molar-refractivity contribution in [2.24, 2.45) is 0 Å². The number of benzene rings is 1. The lowest BCUT2D eigenvalue weighted by Gasteiger charge is -2.38. The van der Waals surface area contributed by atoms with E-state index >= 15 is 0 Å². The van der Waals surface area contributed by atoms with Gasteiger partial charge in [0.2, 0.25) is 0 Å². The van der Waals surface area contributed by atoms with Crippen LogP contribution in [0.2, 0.25) is 0 Å². The van der Waals surface area contributed by atoms with Gasteiger partial charge < -0.3 is 10.4 Å². The van der Waals surface area contributed by atoms with Crippen molar-refractivity contribution in [3.8, 4) is 0 Å². The fraction of sp³-hybridized carbons (Fsp3) is 0.533. The minimum Gasteiger partial charge on any atom is -0.481 e. The summed E-state index contributed by atoms with van der Waals surface area (Å²) in [5, 5.41) is 12.6. The summed E-state index contributed by atoms with van der Waals surface area (Å²) < 4.78 is 22.9. The molecule has 1 atom stereocenters. The zero-order valence-corrected chi connectivity index (χ0v) is 12.5. The topological polar surface area (TPSA) is 83.5 Å². The summed E-state index contributed by atoms with van der Waals surface area (Å²) >= 11 is 0. The molecule has 2 aliphatic rings. The lowest BCUT2D eigenvalue weighted by molar-refractivity contribution is -0.147. The molecular weight excluding hydrogens is 290 g/mol. The Morgan fingerprint density at radius 2 is 1.90 bits per heavy atom. The van der Waals surface area contributed by atoms with E-state index in [2.05, 4.69) is 5.32 Å². The predicted octanol–water partition coefficient (Wildman–Crippen LogP) is 1.79. The molecular formula is C15H19NO4S. The molecule has 0 amide bonds. The summed E-state index contributed by atoms with van der Waals surface area (Å²) in [4.78, 5) is 11.5. The average Bonchev–Trinajstić information content (AvgIpc) is 2.69. The number of rotatable bonds is 4. The van der Waals surface area contributed by atoms with E-state index in [1.165, 1.54) is 0 Å². The van der Waals surface area contributed by atoms with Crippen LogP contribution in [-0.4, -0.2) is 37.0 Å². The second-order valence-corrected chi connectivity index (χ2v) is 8.29. The Balaban J connectivity index is 1.72. The molecule has 5 nitrogen and oxygen atoms in total. The normalized spacial score (nSPS) is 26.0. The second-order valence-electron chi connectivity index (χ2n) is 6.06. The van der Waals surface area contributed by atoms with Crippen molar-refractivity contribution in [3.63, 3.8) is 0 Å².